The molecule has 360 valence electrons. The average molecular weight is 942 g/mol. The Labute approximate surface area is 399 Å². The van der Waals surface area contributed by atoms with Crippen LogP contribution in [0.3, 0.4) is 0 Å². The maximum absolute atomic E-state index is 12.7. The van der Waals surface area contributed by atoms with Gasteiger partial charge in [-0.2, -0.15) is 0 Å². The number of nitrogens with one attached hydrogen (secondary N) is 5. The molecule has 6 rings (SSSR count). The van der Waals surface area contributed by atoms with E-state index >= 15 is 0 Å². The monoisotopic (exact) mass is 941 g/mol. The van der Waals surface area contributed by atoms with Crippen molar-refractivity contribution in [1.82, 2.24) is 0 Å². The van der Waals surface area contributed by atoms with Crippen LogP contribution in [0.4, 0.5) is 53.3 Å². The van der Waals surface area contributed by atoms with E-state index in [4.69, 9.17) is 29.2 Å². The van der Waals surface area contributed by atoms with E-state index in [0.717, 1.165) is 51.2 Å². The predicted molar refractivity (Wildman–Crippen MR) is 261 cm³/mol. The number of aliphatic hydroxyl groups is 4. The van der Waals surface area contributed by atoms with E-state index in [1.807, 2.05) is 84.9 Å². The van der Waals surface area contributed by atoms with Crippen molar-refractivity contribution in [2.75, 3.05) is 79.4 Å². The molecule has 6 aromatic carbocycles. The lowest BCUT2D eigenvalue weighted by molar-refractivity contribution is -0.0378. The standard InChI is InChI=1S/C52H55N5O12/c58-25-27-66-48(62)54-44-17-5-38(6-18-44)29-36-1-13-42(14-2-36)53-43-15-3-37(4-16-43)30-40-9-21-46(22-10-40)56-50(64)68-34-52(32-60,33-61)35-69-51(65)57-47-23-11-41(12-24-47)31-39-7-19-45(20-8-39)55-49(63)67-28-26-59/h1-24,53,58-61H,25-35H2,(H,54,62)(H,55,63)(H,56,64)(H,57,65). The highest BCUT2D eigenvalue weighted by atomic mass is 16.6. The third kappa shape index (κ3) is 16.7. The molecular weight excluding hydrogens is 887 g/mol. The molecule has 0 radical (unpaired) electrons. The lowest BCUT2D eigenvalue weighted by atomic mass is 9.92. The van der Waals surface area contributed by atoms with Gasteiger partial charge in [0.1, 0.15) is 26.4 Å². The van der Waals surface area contributed by atoms with Crippen molar-refractivity contribution in [3.63, 3.8) is 0 Å². The zero-order valence-corrected chi connectivity index (χ0v) is 37.7. The fourth-order valence-corrected chi connectivity index (χ4v) is 6.71. The predicted octanol–water partition coefficient (Wildman–Crippen LogP) is 8.05. The molecule has 0 aliphatic carbocycles. The summed E-state index contributed by atoms with van der Waals surface area (Å²) in [5, 5.41) is 51.6. The molecule has 0 atom stereocenters. The van der Waals surface area contributed by atoms with Gasteiger partial charge in [-0.3, -0.25) is 21.3 Å². The van der Waals surface area contributed by atoms with E-state index in [-0.39, 0.29) is 26.4 Å². The Hall–Kier alpha value is -7.96. The molecular formula is C52H55N5O12. The van der Waals surface area contributed by atoms with Gasteiger partial charge in [-0.1, -0.05) is 72.8 Å². The van der Waals surface area contributed by atoms with Gasteiger partial charge in [0, 0.05) is 34.1 Å². The number of carbonyl (C=O) groups is 4. The van der Waals surface area contributed by atoms with Crippen LogP contribution in [0.25, 0.3) is 0 Å². The van der Waals surface area contributed by atoms with Crippen LogP contribution < -0.4 is 26.6 Å². The molecule has 0 bridgehead atoms. The summed E-state index contributed by atoms with van der Waals surface area (Å²) in [7, 11) is 0. The van der Waals surface area contributed by atoms with Crippen molar-refractivity contribution in [3.05, 3.63) is 179 Å². The van der Waals surface area contributed by atoms with Crippen molar-refractivity contribution < 1.29 is 58.6 Å². The number of carbonyl (C=O) groups excluding carboxylic acids is 4. The lowest BCUT2D eigenvalue weighted by Gasteiger charge is -2.28. The first-order valence-electron chi connectivity index (χ1n) is 22.0. The SMILES string of the molecule is O=C(Nc1ccc(Cc2ccc(NC(=O)OCC(CO)(CO)COC(=O)Nc3ccc(Cc4ccc(Nc5ccc(Cc6ccc(NC(=O)OCCO)cc6)cc5)cc4)cc3)cc2)cc1)OCCO. The second-order valence-electron chi connectivity index (χ2n) is 16.0. The Morgan fingerprint density at radius 1 is 0.348 bits per heavy atom. The molecule has 0 heterocycles. The Morgan fingerprint density at radius 3 is 0.812 bits per heavy atom. The number of anilines is 6. The van der Waals surface area contributed by atoms with Crippen LogP contribution in [0.5, 0.6) is 0 Å². The Morgan fingerprint density at radius 2 is 0.580 bits per heavy atom. The second-order valence-corrected chi connectivity index (χ2v) is 16.0. The first-order chi connectivity index (χ1) is 33.5. The molecule has 0 aromatic heterocycles. The number of hydrogen-bond acceptors (Lipinski definition) is 13. The molecule has 69 heavy (non-hydrogen) atoms. The van der Waals surface area contributed by atoms with Crippen LogP contribution in [-0.2, 0) is 38.2 Å². The molecule has 6 aromatic rings. The van der Waals surface area contributed by atoms with Gasteiger partial charge >= 0.3 is 24.4 Å². The van der Waals surface area contributed by atoms with Gasteiger partial charge in [0.25, 0.3) is 0 Å². The van der Waals surface area contributed by atoms with Crippen LogP contribution in [0.2, 0.25) is 0 Å². The first kappa shape index (κ1) is 50.5. The molecule has 0 saturated carbocycles. The van der Waals surface area contributed by atoms with Crippen LogP contribution >= 0.6 is 0 Å². The summed E-state index contributed by atoms with van der Waals surface area (Å²) in [4.78, 5) is 48.7. The van der Waals surface area contributed by atoms with Crippen molar-refractivity contribution >= 4 is 58.5 Å². The summed E-state index contributed by atoms with van der Waals surface area (Å²) in [5.74, 6) is 0. The van der Waals surface area contributed by atoms with Crippen molar-refractivity contribution in [3.8, 4) is 0 Å². The van der Waals surface area contributed by atoms with E-state index in [1.54, 1.807) is 48.5 Å². The Kier molecular flexibility index (Phi) is 18.9. The number of ether oxygens (including phenoxy) is 4. The van der Waals surface area contributed by atoms with E-state index < -0.39 is 56.2 Å². The molecule has 17 heteroatoms. The zero-order chi connectivity index (χ0) is 48.9. The van der Waals surface area contributed by atoms with Gasteiger partial charge in [0.2, 0.25) is 0 Å². The van der Waals surface area contributed by atoms with Crippen LogP contribution in [0.15, 0.2) is 146 Å². The maximum atomic E-state index is 12.7. The number of rotatable bonds is 22. The van der Waals surface area contributed by atoms with Gasteiger partial charge in [-0.05, 0) is 125 Å². The highest BCUT2D eigenvalue weighted by Gasteiger charge is 2.33. The van der Waals surface area contributed by atoms with E-state index in [9.17, 15) is 29.4 Å². The Bertz CT molecular complexity index is 2550. The van der Waals surface area contributed by atoms with Gasteiger partial charge in [0.15, 0.2) is 0 Å². The minimum absolute atomic E-state index is 0.0604. The molecule has 17 nitrogen and oxygen atoms in total. The van der Waals surface area contributed by atoms with Crippen LogP contribution in [0.1, 0.15) is 33.4 Å². The quantitative estimate of drug-likeness (QED) is 0.0293. The second kappa shape index (κ2) is 25.8. The molecule has 0 saturated heterocycles. The smallest absolute Gasteiger partial charge is 0.411 e. The van der Waals surface area contributed by atoms with Crippen molar-refractivity contribution in [2.24, 2.45) is 5.41 Å². The number of aliphatic hydroxyl groups excluding tert-OH is 4. The topological polar surface area (TPSA) is 246 Å². The summed E-state index contributed by atoms with van der Waals surface area (Å²) in [6.45, 7) is -2.77. The number of benzene rings is 6. The third-order valence-corrected chi connectivity index (χ3v) is 10.6. The third-order valence-electron chi connectivity index (χ3n) is 10.6. The van der Waals surface area contributed by atoms with E-state index in [0.29, 0.717) is 35.6 Å². The minimum atomic E-state index is -1.46. The highest BCUT2D eigenvalue weighted by Crippen LogP contribution is 2.23. The van der Waals surface area contributed by atoms with Gasteiger partial charge in [-0.25, -0.2) is 19.2 Å². The molecule has 0 aliphatic rings. The van der Waals surface area contributed by atoms with Crippen LogP contribution in [-0.4, -0.2) is 97.7 Å². The van der Waals surface area contributed by atoms with E-state index in [1.165, 1.54) is 0 Å². The summed E-state index contributed by atoms with van der Waals surface area (Å²) < 4.78 is 20.3. The summed E-state index contributed by atoms with van der Waals surface area (Å²) in [6, 6.07) is 45.3. The Balaban J connectivity index is 0.886. The van der Waals surface area contributed by atoms with Gasteiger partial charge < -0.3 is 44.7 Å². The molecule has 9 N–H and O–H groups in total. The van der Waals surface area contributed by atoms with E-state index in [2.05, 4.69) is 38.7 Å². The first-order valence-corrected chi connectivity index (χ1v) is 22.0. The largest absolute Gasteiger partial charge is 0.448 e. The fourth-order valence-electron chi connectivity index (χ4n) is 6.71. The molecule has 0 fully saturated rings. The summed E-state index contributed by atoms with van der Waals surface area (Å²) in [5.41, 5.74) is 8.74. The number of amides is 4. The van der Waals surface area contributed by atoms with Gasteiger partial charge in [-0.15, -0.1) is 0 Å². The normalized spacial score (nSPS) is 10.9. The van der Waals surface area contributed by atoms with Gasteiger partial charge in [0.05, 0.1) is 31.8 Å². The summed E-state index contributed by atoms with van der Waals surface area (Å²) >= 11 is 0. The minimum Gasteiger partial charge on any atom is -0.448 e. The fraction of sp³-hybridized carbons (Fsp3) is 0.231. The summed E-state index contributed by atoms with van der Waals surface area (Å²) in [6.07, 6.45) is -0.958. The maximum Gasteiger partial charge on any atom is 0.411 e. The highest BCUT2D eigenvalue weighted by molar-refractivity contribution is 5.86. The van der Waals surface area contributed by atoms with Crippen molar-refractivity contribution in [1.29, 1.82) is 0 Å². The van der Waals surface area contributed by atoms with Crippen molar-refractivity contribution in [2.45, 2.75) is 19.3 Å². The molecule has 4 amide bonds. The molecule has 0 unspecified atom stereocenters. The molecule has 0 spiro atoms. The lowest BCUT2D eigenvalue weighted by Crippen LogP contribution is -2.42. The molecule has 0 aliphatic heterocycles. The van der Waals surface area contributed by atoms with Crippen LogP contribution in [0, 0.1) is 5.41 Å². The zero-order valence-electron chi connectivity index (χ0n) is 37.7. The average Bonchev–Trinajstić information content (AvgIpc) is 3.36. The number of hydrogen-bond donors (Lipinski definition) is 9.